The zero-order valence-corrected chi connectivity index (χ0v) is 15.0. The molecule has 134 valence electrons. The van der Waals surface area contributed by atoms with E-state index in [1.54, 1.807) is 11.8 Å². The first-order valence-corrected chi connectivity index (χ1v) is 10.5. The molecule has 3 amide bonds. The average molecular weight is 374 g/mol. The van der Waals surface area contributed by atoms with E-state index < -0.39 is 11.5 Å². The summed E-state index contributed by atoms with van der Waals surface area (Å²) in [5.74, 6) is 1.05. The van der Waals surface area contributed by atoms with Crippen molar-refractivity contribution in [2.24, 2.45) is 0 Å². The van der Waals surface area contributed by atoms with Gasteiger partial charge in [0, 0.05) is 23.2 Å². The third-order valence-electron chi connectivity index (χ3n) is 4.89. The molecule has 0 aromatic carbocycles. The van der Waals surface area contributed by atoms with E-state index in [0.29, 0.717) is 23.8 Å². The highest BCUT2D eigenvalue weighted by Gasteiger charge is 2.44. The number of amides is 3. The highest BCUT2D eigenvalue weighted by Crippen LogP contribution is 2.33. The smallest absolute Gasteiger partial charge is 0.330 e. The van der Waals surface area contributed by atoms with Gasteiger partial charge in [-0.3, -0.25) is 4.79 Å². The molecule has 0 saturated carbocycles. The zero-order valence-electron chi connectivity index (χ0n) is 13.4. The van der Waals surface area contributed by atoms with Gasteiger partial charge in [0.05, 0.1) is 12.1 Å². The van der Waals surface area contributed by atoms with Crippen molar-refractivity contribution in [2.45, 2.75) is 55.0 Å². The summed E-state index contributed by atoms with van der Waals surface area (Å²) < 4.78 is 0. The van der Waals surface area contributed by atoms with Crippen LogP contribution in [-0.4, -0.2) is 63.1 Å². The first kappa shape index (κ1) is 17.7. The molecule has 0 radical (unpaired) electrons. The fourth-order valence-electron chi connectivity index (χ4n) is 3.49. The lowest BCUT2D eigenvalue weighted by Gasteiger charge is -2.24. The van der Waals surface area contributed by atoms with E-state index in [4.69, 9.17) is 0 Å². The van der Waals surface area contributed by atoms with E-state index in [0.717, 1.165) is 30.8 Å². The van der Waals surface area contributed by atoms with Crippen molar-refractivity contribution in [1.82, 2.24) is 16.0 Å². The first-order valence-electron chi connectivity index (χ1n) is 8.31. The van der Waals surface area contributed by atoms with Gasteiger partial charge in [-0.05, 0) is 25.0 Å². The summed E-state index contributed by atoms with van der Waals surface area (Å²) in [5, 5.41) is 18.4. The van der Waals surface area contributed by atoms with Crippen LogP contribution in [0.5, 0.6) is 0 Å². The molecule has 3 aliphatic heterocycles. The summed E-state index contributed by atoms with van der Waals surface area (Å²) >= 11 is 3.43. The summed E-state index contributed by atoms with van der Waals surface area (Å²) in [5.41, 5.74) is -1.07. The molecule has 3 heterocycles. The number of unbranched alkanes of at least 4 members (excludes halogenated alkanes) is 1. The Kier molecular flexibility index (Phi) is 5.49. The Morgan fingerprint density at radius 3 is 2.88 bits per heavy atom. The van der Waals surface area contributed by atoms with Gasteiger partial charge in [0.25, 0.3) is 0 Å². The van der Waals surface area contributed by atoms with Gasteiger partial charge in [0.1, 0.15) is 5.54 Å². The fourth-order valence-corrected chi connectivity index (χ4v) is 6.36. The molecule has 0 aromatic heterocycles. The number of rotatable bonds is 7. The number of thioether (sulfide) groups is 2. The van der Waals surface area contributed by atoms with Crippen LogP contribution in [0.1, 0.15) is 32.1 Å². The van der Waals surface area contributed by atoms with Crippen LogP contribution in [0, 0.1) is 0 Å². The van der Waals surface area contributed by atoms with Gasteiger partial charge in [-0.15, -0.1) is 0 Å². The van der Waals surface area contributed by atoms with E-state index in [9.17, 15) is 19.5 Å². The Hall–Kier alpha value is -1.09. The molecule has 0 aromatic rings. The van der Waals surface area contributed by atoms with Crippen molar-refractivity contribution in [3.63, 3.8) is 0 Å². The van der Waals surface area contributed by atoms with Gasteiger partial charge < -0.3 is 21.1 Å². The Bertz CT molecular complexity index is 525. The molecule has 0 spiro atoms. The van der Waals surface area contributed by atoms with E-state index in [1.165, 1.54) is 0 Å². The summed E-state index contributed by atoms with van der Waals surface area (Å²) in [6.07, 6.45) is 3.45. The molecule has 4 N–H and O–H groups in total. The second-order valence-corrected chi connectivity index (χ2v) is 8.98. The molecule has 3 aliphatic rings. The largest absolute Gasteiger partial charge is 0.479 e. The van der Waals surface area contributed by atoms with Crippen molar-refractivity contribution >= 4 is 41.4 Å². The van der Waals surface area contributed by atoms with E-state index in [2.05, 4.69) is 16.0 Å². The Morgan fingerprint density at radius 1 is 1.33 bits per heavy atom. The molecule has 3 fully saturated rings. The molecular formula is C15H23N3O4S2. The Morgan fingerprint density at radius 2 is 2.17 bits per heavy atom. The number of urea groups is 1. The number of nitrogens with one attached hydrogen (secondary N) is 3. The maximum absolute atomic E-state index is 12.1. The Balaban J connectivity index is 1.37. The van der Waals surface area contributed by atoms with Crippen molar-refractivity contribution in [2.75, 3.05) is 17.3 Å². The minimum absolute atomic E-state index is 0.0805. The molecule has 3 saturated heterocycles. The third-order valence-corrected chi connectivity index (χ3v) is 7.59. The molecule has 24 heavy (non-hydrogen) atoms. The summed E-state index contributed by atoms with van der Waals surface area (Å²) in [4.78, 5) is 34.8. The quantitative estimate of drug-likeness (QED) is 0.388. The van der Waals surface area contributed by atoms with Crippen LogP contribution in [0.15, 0.2) is 0 Å². The van der Waals surface area contributed by atoms with Crippen LogP contribution in [0.3, 0.4) is 0 Å². The SMILES string of the molecule is O=C(CCCC[C@@H]1SC[C@@H]2NC(=O)N[C@@H]21)NC1(C(=O)O)CCSC1. The minimum Gasteiger partial charge on any atom is -0.479 e. The van der Waals surface area contributed by atoms with Crippen LogP contribution in [0.25, 0.3) is 0 Å². The molecule has 0 bridgehead atoms. The van der Waals surface area contributed by atoms with Crippen LogP contribution in [-0.2, 0) is 9.59 Å². The van der Waals surface area contributed by atoms with Gasteiger partial charge in [-0.1, -0.05) is 6.42 Å². The van der Waals surface area contributed by atoms with Crippen molar-refractivity contribution in [1.29, 1.82) is 0 Å². The predicted octanol–water partition coefficient (Wildman–Crippen LogP) is 0.789. The lowest BCUT2D eigenvalue weighted by molar-refractivity contribution is -0.146. The molecule has 3 rings (SSSR count). The van der Waals surface area contributed by atoms with Crippen molar-refractivity contribution in [3.05, 3.63) is 0 Å². The summed E-state index contributed by atoms with van der Waals surface area (Å²) in [7, 11) is 0. The molecule has 1 unspecified atom stereocenters. The third kappa shape index (κ3) is 3.77. The Labute approximate surface area is 149 Å². The van der Waals surface area contributed by atoms with Gasteiger partial charge in [-0.2, -0.15) is 23.5 Å². The number of carboxylic acids is 1. The zero-order chi connectivity index (χ0) is 17.2. The van der Waals surface area contributed by atoms with Crippen LogP contribution >= 0.6 is 23.5 Å². The van der Waals surface area contributed by atoms with E-state index in [1.807, 2.05) is 11.8 Å². The summed E-state index contributed by atoms with van der Waals surface area (Å²) in [6, 6.07) is 0.344. The number of carbonyl (C=O) groups is 3. The number of carbonyl (C=O) groups excluding carboxylic acids is 2. The van der Waals surface area contributed by atoms with E-state index in [-0.39, 0.29) is 24.0 Å². The number of hydrogen-bond donors (Lipinski definition) is 4. The van der Waals surface area contributed by atoms with Crippen LogP contribution in [0.2, 0.25) is 0 Å². The standard InChI is InChI=1S/C15H23N3O4S2/c19-11(18-15(13(20)21)5-6-23-8-15)4-2-1-3-10-12-9(7-24-10)16-14(22)17-12/h9-10,12H,1-8H2,(H,18,19)(H,20,21)(H2,16,17,22)/t9-,10-,12-,15?/m0/s1. The minimum atomic E-state index is -1.07. The molecule has 7 nitrogen and oxygen atoms in total. The van der Waals surface area contributed by atoms with Gasteiger partial charge >= 0.3 is 12.0 Å². The van der Waals surface area contributed by atoms with Crippen LogP contribution < -0.4 is 16.0 Å². The second kappa shape index (κ2) is 7.43. The number of hydrogen-bond acceptors (Lipinski definition) is 5. The molecule has 4 atom stereocenters. The lowest BCUT2D eigenvalue weighted by Crippen LogP contribution is -2.54. The van der Waals surface area contributed by atoms with Gasteiger partial charge in [0.2, 0.25) is 5.91 Å². The van der Waals surface area contributed by atoms with Crippen molar-refractivity contribution in [3.8, 4) is 0 Å². The van der Waals surface area contributed by atoms with Crippen LogP contribution in [0.4, 0.5) is 4.79 Å². The van der Waals surface area contributed by atoms with Gasteiger partial charge in [0.15, 0.2) is 0 Å². The van der Waals surface area contributed by atoms with Crippen molar-refractivity contribution < 1.29 is 19.5 Å². The first-order chi connectivity index (χ1) is 11.5. The topological polar surface area (TPSA) is 108 Å². The number of fused-ring (bicyclic) bond motifs is 1. The molecule has 9 heteroatoms. The molecule has 0 aliphatic carbocycles. The highest BCUT2D eigenvalue weighted by molar-refractivity contribution is 8.00. The maximum Gasteiger partial charge on any atom is 0.330 e. The summed E-state index contributed by atoms with van der Waals surface area (Å²) in [6.45, 7) is 0. The van der Waals surface area contributed by atoms with E-state index >= 15 is 0 Å². The van der Waals surface area contributed by atoms with Gasteiger partial charge in [-0.25, -0.2) is 9.59 Å². The fraction of sp³-hybridized carbons (Fsp3) is 0.800. The highest BCUT2D eigenvalue weighted by atomic mass is 32.2. The average Bonchev–Trinajstić information content (AvgIpc) is 3.21. The maximum atomic E-state index is 12.1. The molecular weight excluding hydrogens is 350 g/mol. The second-order valence-electron chi connectivity index (χ2n) is 6.61. The monoisotopic (exact) mass is 373 g/mol. The lowest BCUT2D eigenvalue weighted by atomic mass is 9.98. The number of carboxylic acid groups (broad SMARTS) is 1. The number of aliphatic carboxylic acids is 1. The normalized spacial score (nSPS) is 34.5. The predicted molar refractivity (Wildman–Crippen MR) is 94.4 cm³/mol.